The third-order valence-corrected chi connectivity index (χ3v) is 3.64. The first kappa shape index (κ1) is 13.0. The number of H-pyrrole nitrogens is 1. The van der Waals surface area contributed by atoms with Crippen LogP contribution >= 0.6 is 0 Å². The maximum absolute atomic E-state index is 12.1. The standard InChI is InChI=1S/C9H9N5O4S/c1-5-7(6(8(15)16)13-12-5)19(17,18)14-9-10-3-2-4-11-9/h2-4H,1H3,(H,12,13)(H,15,16)(H,10,11,14). The summed E-state index contributed by atoms with van der Waals surface area (Å²) in [6, 6.07) is 1.52. The van der Waals surface area contributed by atoms with Gasteiger partial charge in [-0.1, -0.05) is 0 Å². The third kappa shape index (κ3) is 2.52. The van der Waals surface area contributed by atoms with Gasteiger partial charge in [0.2, 0.25) is 5.95 Å². The van der Waals surface area contributed by atoms with Gasteiger partial charge in [-0.3, -0.25) is 5.10 Å². The molecule has 0 aliphatic carbocycles. The van der Waals surface area contributed by atoms with Crippen LogP contribution in [0, 0.1) is 6.92 Å². The molecule has 0 bridgehead atoms. The van der Waals surface area contributed by atoms with Gasteiger partial charge in [-0.25, -0.2) is 27.9 Å². The molecule has 0 saturated carbocycles. The summed E-state index contributed by atoms with van der Waals surface area (Å²) in [6.07, 6.45) is 2.70. The Morgan fingerprint density at radius 3 is 2.58 bits per heavy atom. The maximum Gasteiger partial charge on any atom is 0.357 e. The number of rotatable bonds is 4. The fourth-order valence-corrected chi connectivity index (χ4v) is 2.70. The molecule has 0 aliphatic rings. The molecule has 2 rings (SSSR count). The molecule has 0 atom stereocenters. The Kier molecular flexibility index (Phi) is 3.17. The molecule has 0 amide bonds. The van der Waals surface area contributed by atoms with E-state index in [-0.39, 0.29) is 11.6 Å². The van der Waals surface area contributed by atoms with E-state index in [1.54, 1.807) is 0 Å². The van der Waals surface area contributed by atoms with Gasteiger partial charge in [-0.2, -0.15) is 5.10 Å². The van der Waals surface area contributed by atoms with Crippen LogP contribution in [0.25, 0.3) is 0 Å². The molecule has 100 valence electrons. The lowest BCUT2D eigenvalue weighted by molar-refractivity contribution is 0.0686. The van der Waals surface area contributed by atoms with Gasteiger partial charge in [0.1, 0.15) is 4.90 Å². The van der Waals surface area contributed by atoms with Crippen LogP contribution < -0.4 is 4.72 Å². The van der Waals surface area contributed by atoms with Gasteiger partial charge in [0.15, 0.2) is 5.69 Å². The Labute approximate surface area is 107 Å². The molecular formula is C9H9N5O4S. The van der Waals surface area contributed by atoms with Crippen LogP contribution in [-0.4, -0.2) is 39.7 Å². The normalized spacial score (nSPS) is 11.2. The number of nitrogens with one attached hydrogen (secondary N) is 2. The first-order valence-electron chi connectivity index (χ1n) is 5.00. The van der Waals surface area contributed by atoms with E-state index < -0.39 is 26.6 Å². The molecule has 0 unspecified atom stereocenters. The van der Waals surface area contributed by atoms with Gasteiger partial charge < -0.3 is 5.11 Å². The van der Waals surface area contributed by atoms with Crippen LogP contribution in [0.1, 0.15) is 16.2 Å². The number of anilines is 1. The number of hydrogen-bond donors (Lipinski definition) is 3. The van der Waals surface area contributed by atoms with E-state index in [1.807, 2.05) is 0 Å². The highest BCUT2D eigenvalue weighted by molar-refractivity contribution is 7.92. The summed E-state index contributed by atoms with van der Waals surface area (Å²) >= 11 is 0. The summed E-state index contributed by atoms with van der Waals surface area (Å²) in [6.45, 7) is 1.40. The number of aromatic nitrogens is 4. The number of hydrogen-bond acceptors (Lipinski definition) is 6. The van der Waals surface area contributed by atoms with Gasteiger partial charge in [0.05, 0.1) is 5.69 Å². The van der Waals surface area contributed by atoms with E-state index in [0.29, 0.717) is 0 Å². The van der Waals surface area contributed by atoms with E-state index in [4.69, 9.17) is 5.11 Å². The summed E-state index contributed by atoms with van der Waals surface area (Å²) in [5, 5.41) is 14.7. The Balaban J connectivity index is 2.46. The lowest BCUT2D eigenvalue weighted by Gasteiger charge is -2.05. The molecule has 0 saturated heterocycles. The summed E-state index contributed by atoms with van der Waals surface area (Å²) < 4.78 is 26.3. The van der Waals surface area contributed by atoms with Gasteiger partial charge in [0.25, 0.3) is 10.0 Å². The highest BCUT2D eigenvalue weighted by atomic mass is 32.2. The molecule has 0 aliphatic heterocycles. The predicted molar refractivity (Wildman–Crippen MR) is 63.1 cm³/mol. The smallest absolute Gasteiger partial charge is 0.357 e. The van der Waals surface area contributed by atoms with Gasteiger partial charge >= 0.3 is 5.97 Å². The lowest BCUT2D eigenvalue weighted by Crippen LogP contribution is -2.18. The van der Waals surface area contributed by atoms with Crippen LogP contribution in [-0.2, 0) is 10.0 Å². The number of sulfonamides is 1. The summed E-state index contributed by atoms with van der Waals surface area (Å²) in [4.78, 5) is 17.9. The van der Waals surface area contributed by atoms with Crippen molar-refractivity contribution in [1.82, 2.24) is 20.2 Å². The molecule has 9 nitrogen and oxygen atoms in total. The first-order chi connectivity index (χ1) is 8.92. The molecular weight excluding hydrogens is 274 g/mol. The van der Waals surface area contributed by atoms with Crippen molar-refractivity contribution in [3.8, 4) is 0 Å². The fourth-order valence-electron chi connectivity index (χ4n) is 1.42. The number of nitrogens with zero attached hydrogens (tertiary/aromatic N) is 3. The molecule has 0 fully saturated rings. The number of carboxylic acids is 1. The van der Waals surface area contributed by atoms with Crippen molar-refractivity contribution in [3.63, 3.8) is 0 Å². The molecule has 2 heterocycles. The topological polar surface area (TPSA) is 138 Å². The second-order valence-corrected chi connectivity index (χ2v) is 5.13. The second kappa shape index (κ2) is 4.65. The number of aryl methyl sites for hydroxylation is 1. The number of aromatic amines is 1. The third-order valence-electron chi connectivity index (χ3n) is 2.15. The first-order valence-corrected chi connectivity index (χ1v) is 6.48. The molecule has 2 aromatic rings. The van der Waals surface area contributed by atoms with E-state index in [2.05, 4.69) is 24.9 Å². The highest BCUT2D eigenvalue weighted by Crippen LogP contribution is 2.19. The van der Waals surface area contributed by atoms with Crippen molar-refractivity contribution in [2.75, 3.05) is 4.72 Å². The van der Waals surface area contributed by atoms with Crippen molar-refractivity contribution in [2.45, 2.75) is 11.8 Å². The Morgan fingerprint density at radius 2 is 2.00 bits per heavy atom. The van der Waals surface area contributed by atoms with Crippen molar-refractivity contribution < 1.29 is 18.3 Å². The van der Waals surface area contributed by atoms with E-state index >= 15 is 0 Å². The van der Waals surface area contributed by atoms with Crippen molar-refractivity contribution in [3.05, 3.63) is 29.8 Å². The molecule has 10 heteroatoms. The minimum absolute atomic E-state index is 0.112. The van der Waals surface area contributed by atoms with Crippen molar-refractivity contribution >= 4 is 21.9 Å². The summed E-state index contributed by atoms with van der Waals surface area (Å²) in [7, 11) is -4.13. The highest BCUT2D eigenvalue weighted by Gasteiger charge is 2.28. The van der Waals surface area contributed by atoms with Crippen LogP contribution in [0.5, 0.6) is 0 Å². The quantitative estimate of drug-likeness (QED) is 0.718. The predicted octanol–water partition coefficient (Wildman–Crippen LogP) is 0.00712. The van der Waals surface area contributed by atoms with Crippen LogP contribution in [0.15, 0.2) is 23.4 Å². The van der Waals surface area contributed by atoms with E-state index in [9.17, 15) is 13.2 Å². The number of carboxylic acid groups (broad SMARTS) is 1. The minimum Gasteiger partial charge on any atom is -0.476 e. The number of carbonyl (C=O) groups is 1. The van der Waals surface area contributed by atoms with Crippen LogP contribution in [0.2, 0.25) is 0 Å². The van der Waals surface area contributed by atoms with Crippen molar-refractivity contribution in [2.24, 2.45) is 0 Å². The zero-order chi connectivity index (χ0) is 14.0. The minimum atomic E-state index is -4.13. The second-order valence-electron chi connectivity index (χ2n) is 3.51. The van der Waals surface area contributed by atoms with Crippen LogP contribution in [0.3, 0.4) is 0 Å². The SMILES string of the molecule is Cc1[nH]nc(C(=O)O)c1S(=O)(=O)Nc1ncccn1. The van der Waals surface area contributed by atoms with Gasteiger partial charge in [-0.15, -0.1) is 0 Å². The average Bonchev–Trinajstić information content (AvgIpc) is 2.73. The Hall–Kier alpha value is -2.49. The molecule has 0 spiro atoms. The molecule has 2 aromatic heterocycles. The number of aromatic carboxylic acids is 1. The molecule has 3 N–H and O–H groups in total. The monoisotopic (exact) mass is 283 g/mol. The Morgan fingerprint density at radius 1 is 1.37 bits per heavy atom. The average molecular weight is 283 g/mol. The molecule has 0 radical (unpaired) electrons. The molecule has 0 aromatic carbocycles. The maximum atomic E-state index is 12.1. The van der Waals surface area contributed by atoms with Gasteiger partial charge in [0, 0.05) is 12.4 Å². The molecule has 19 heavy (non-hydrogen) atoms. The lowest BCUT2D eigenvalue weighted by atomic mass is 10.4. The van der Waals surface area contributed by atoms with Crippen molar-refractivity contribution in [1.29, 1.82) is 0 Å². The summed E-state index contributed by atoms with van der Waals surface area (Å²) in [5.41, 5.74) is -0.471. The van der Waals surface area contributed by atoms with E-state index in [1.165, 1.54) is 25.4 Å². The Bertz CT molecular complexity index is 709. The zero-order valence-electron chi connectivity index (χ0n) is 9.65. The zero-order valence-corrected chi connectivity index (χ0v) is 10.5. The van der Waals surface area contributed by atoms with Crippen LogP contribution in [0.4, 0.5) is 5.95 Å². The fraction of sp³-hybridized carbons (Fsp3) is 0.111. The summed E-state index contributed by atoms with van der Waals surface area (Å²) in [5.74, 6) is -1.60. The van der Waals surface area contributed by atoms with E-state index in [0.717, 1.165) is 0 Å². The largest absolute Gasteiger partial charge is 0.476 e. The van der Waals surface area contributed by atoms with Gasteiger partial charge in [-0.05, 0) is 13.0 Å².